The molecule has 2 amide bonds. The van der Waals surface area contributed by atoms with Crippen molar-refractivity contribution < 1.29 is 42.3 Å². The highest BCUT2D eigenvalue weighted by molar-refractivity contribution is 7.44. The van der Waals surface area contributed by atoms with Crippen molar-refractivity contribution in [2.75, 3.05) is 45.9 Å². The molecule has 6 rings (SSSR count). The maximum Gasteiger partial charge on any atom is 0.351 e. The molecule has 4 aromatic carbocycles. The fraction of sp³-hybridized carbons (Fsp3) is 0.523. The fourth-order valence-corrected chi connectivity index (χ4v) is 12.2. The van der Waals surface area contributed by atoms with Crippen LogP contribution in [0.3, 0.4) is 0 Å². The van der Waals surface area contributed by atoms with E-state index < -0.39 is 50.3 Å². The Kier molecular flexibility index (Phi) is 27.4. The number of hydrogen-bond acceptors (Lipinski definition) is 13. The number of aromatic nitrogens is 2. The van der Waals surface area contributed by atoms with Crippen LogP contribution in [0.4, 0.5) is 5.82 Å². The van der Waals surface area contributed by atoms with E-state index in [1.54, 1.807) is 51.6 Å². The van der Waals surface area contributed by atoms with Gasteiger partial charge in [0.25, 0.3) is 14.4 Å². The van der Waals surface area contributed by atoms with Gasteiger partial charge in [0.2, 0.25) is 5.91 Å². The normalized spacial score (nSPS) is 16.6. The molecule has 5 atom stereocenters. The van der Waals surface area contributed by atoms with Crippen LogP contribution in [0, 0.1) is 18.3 Å². The summed E-state index contributed by atoms with van der Waals surface area (Å²) in [6.45, 7) is 12.2. The molecule has 1 aliphatic rings. The number of hydrogen-bond donors (Lipinski definition) is 2. The van der Waals surface area contributed by atoms with E-state index in [0.29, 0.717) is 29.2 Å². The van der Waals surface area contributed by atoms with Gasteiger partial charge in [-0.3, -0.25) is 14.2 Å². The molecular weight excluding hydrogens is 1060 g/mol. The van der Waals surface area contributed by atoms with E-state index in [-0.39, 0.29) is 50.1 Å². The maximum atomic E-state index is 14.6. The fourth-order valence-electron chi connectivity index (χ4n) is 10.5. The third-order valence-electron chi connectivity index (χ3n) is 14.7. The van der Waals surface area contributed by atoms with Crippen molar-refractivity contribution in [3.63, 3.8) is 0 Å². The average Bonchev–Trinajstić information content (AvgIpc) is 4.01. The van der Waals surface area contributed by atoms with Crippen LogP contribution < -0.4 is 25.8 Å². The first kappa shape index (κ1) is 65.1. The lowest BCUT2D eigenvalue weighted by Crippen LogP contribution is -2.44. The molecular formula is C65H89N6O10P. The molecule has 0 bridgehead atoms. The summed E-state index contributed by atoms with van der Waals surface area (Å²) in [4.78, 5) is 46.2. The highest BCUT2D eigenvalue weighted by atomic mass is 31.2. The third kappa shape index (κ3) is 18.7. The molecule has 1 fully saturated rings. The number of anilines is 1. The van der Waals surface area contributed by atoms with Crippen LogP contribution in [0.15, 0.2) is 120 Å². The molecule has 16 nitrogen and oxygen atoms in total. The second-order valence-electron chi connectivity index (χ2n) is 21.5. The van der Waals surface area contributed by atoms with Crippen LogP contribution in [-0.4, -0.2) is 97.0 Å². The minimum atomic E-state index is -1.96. The number of rotatable bonds is 37. The number of unbranched alkanes of at least 4 members (excludes halogenated alkanes) is 13. The minimum Gasteiger partial charge on any atom is -0.497 e. The molecule has 5 aromatic rings. The van der Waals surface area contributed by atoms with Gasteiger partial charge >= 0.3 is 5.69 Å². The predicted molar refractivity (Wildman–Crippen MR) is 323 cm³/mol. The first-order valence-corrected chi connectivity index (χ1v) is 30.7. The number of carbonyl (C=O) groups is 2. The number of nitrogens with zero attached hydrogens (tertiary/aromatic N) is 4. The predicted octanol–water partition coefficient (Wildman–Crippen LogP) is 13.4. The first-order valence-electron chi connectivity index (χ1n) is 29.6. The van der Waals surface area contributed by atoms with Crippen LogP contribution in [0.5, 0.6) is 11.5 Å². The summed E-state index contributed by atoms with van der Waals surface area (Å²) in [6.07, 6.45) is 14.5. The zero-order valence-electron chi connectivity index (χ0n) is 49.7. The maximum absolute atomic E-state index is 14.6. The quantitative estimate of drug-likeness (QED) is 0.0218. The molecule has 0 radical (unpaired) electrons. The van der Waals surface area contributed by atoms with Crippen molar-refractivity contribution in [2.45, 2.75) is 180 Å². The van der Waals surface area contributed by atoms with Crippen LogP contribution in [0.2, 0.25) is 0 Å². The van der Waals surface area contributed by atoms with Gasteiger partial charge in [0.15, 0.2) is 6.23 Å². The Morgan fingerprint density at radius 2 is 1.27 bits per heavy atom. The lowest BCUT2D eigenvalue weighted by molar-refractivity contribution is -0.132. The highest BCUT2D eigenvalue weighted by Crippen LogP contribution is 2.51. The second-order valence-corrected chi connectivity index (χ2v) is 22.9. The van der Waals surface area contributed by atoms with Crippen molar-refractivity contribution in [1.82, 2.24) is 19.5 Å². The average molecular weight is 1150 g/mol. The number of aryl methyl sites for hydroxylation is 1. The number of amides is 2. The third-order valence-corrected chi connectivity index (χ3v) is 16.9. The largest absolute Gasteiger partial charge is 0.497 e. The van der Waals surface area contributed by atoms with Gasteiger partial charge in [0.1, 0.15) is 47.8 Å². The van der Waals surface area contributed by atoms with Crippen LogP contribution >= 0.6 is 8.53 Å². The Morgan fingerprint density at radius 1 is 0.744 bits per heavy atom. The molecule has 0 spiro atoms. The van der Waals surface area contributed by atoms with Gasteiger partial charge in [-0.05, 0) is 94.1 Å². The monoisotopic (exact) mass is 1140 g/mol. The molecule has 0 saturated carbocycles. The van der Waals surface area contributed by atoms with Crippen LogP contribution in [0.1, 0.15) is 170 Å². The van der Waals surface area contributed by atoms with Gasteiger partial charge in [-0.15, -0.1) is 0 Å². The zero-order chi connectivity index (χ0) is 58.7. The summed E-state index contributed by atoms with van der Waals surface area (Å²) in [7, 11) is 1.27. The molecule has 0 aliphatic carbocycles. The molecule has 1 aromatic heterocycles. The second kappa shape index (κ2) is 34.6. The Hall–Kier alpha value is -6.02. The van der Waals surface area contributed by atoms with Crippen LogP contribution in [-0.2, 0) is 33.7 Å². The van der Waals surface area contributed by atoms with E-state index in [1.807, 2.05) is 113 Å². The lowest BCUT2D eigenvalue weighted by atomic mass is 9.80. The number of benzene rings is 4. The Morgan fingerprint density at radius 3 is 1.79 bits per heavy atom. The van der Waals surface area contributed by atoms with Crippen LogP contribution in [0.25, 0.3) is 0 Å². The lowest BCUT2D eigenvalue weighted by Gasteiger charge is -2.39. The molecule has 1 aliphatic heterocycles. The number of carbonyl (C=O) groups excluding carboxylic acids is 2. The number of ether oxygens (including phenoxy) is 5. The van der Waals surface area contributed by atoms with Gasteiger partial charge in [0, 0.05) is 36.0 Å². The molecule has 17 heteroatoms. The minimum absolute atomic E-state index is 0.0756. The molecule has 82 heavy (non-hydrogen) atoms. The summed E-state index contributed by atoms with van der Waals surface area (Å²) in [6, 6.07) is 35.9. The van der Waals surface area contributed by atoms with Crippen molar-refractivity contribution in [3.05, 3.63) is 154 Å². The van der Waals surface area contributed by atoms with Gasteiger partial charge in [-0.1, -0.05) is 163 Å². The molecule has 2 heterocycles. The Labute approximate surface area is 488 Å². The van der Waals surface area contributed by atoms with E-state index in [1.165, 1.54) is 75.2 Å². The zero-order valence-corrected chi connectivity index (χ0v) is 50.6. The van der Waals surface area contributed by atoms with E-state index >= 15 is 0 Å². The van der Waals surface area contributed by atoms with E-state index in [0.717, 1.165) is 36.0 Å². The summed E-state index contributed by atoms with van der Waals surface area (Å²) in [5.41, 5.74) is 1.17. The summed E-state index contributed by atoms with van der Waals surface area (Å²) < 4.78 is 49.8. The van der Waals surface area contributed by atoms with E-state index in [4.69, 9.17) is 32.7 Å². The smallest absolute Gasteiger partial charge is 0.351 e. The standard InChI is InChI=1S/C65H89N6O10P/c1-9-10-11-12-13-14-15-16-17-18-19-20-21-28-43-67-58(72)47-77-60-59(81-82(79-44-29-42-66)71(48(2)3)49(4)5)57(80-63(60)70-45-50(6)61(69-64(70)74)68-62(73)51-30-24-22-25-31-51)46-78-65(52-32-26-23-27-33-52,53-34-38-55(75-7)39-35-53)54-36-40-56(76-8)41-37-54/h22-27,30-41,45,48-49,57,59-60,63H,9-21,28-29,43-44,46-47H2,1-8H3,(H,67,72)(H,68,69,73,74)/t57-,59-,60-,63-,82?/m1/s1. The molecule has 444 valence electrons. The van der Waals surface area contributed by atoms with Gasteiger partial charge in [-0.2, -0.15) is 10.2 Å². The number of nitrogens with one attached hydrogen (secondary N) is 2. The van der Waals surface area contributed by atoms with E-state index in [2.05, 4.69) is 33.3 Å². The number of nitriles is 1. The number of methoxy groups -OCH3 is 2. The molecule has 2 N–H and O–H groups in total. The SMILES string of the molecule is CCCCCCCCCCCCCCCCNC(=O)CO[C@@H]1[C@H](OP(OCCC#N)N(C(C)C)C(C)C)[C@@H](COC(c2ccccc2)(c2ccc(OC)cc2)c2ccc(OC)cc2)O[C@H]1n1cc(C)c(NC(=O)c2ccccc2)nc1=O. The van der Waals surface area contributed by atoms with Gasteiger partial charge in [-0.25, -0.2) is 9.46 Å². The van der Waals surface area contributed by atoms with Gasteiger partial charge in [0.05, 0.1) is 39.9 Å². The van der Waals surface area contributed by atoms with Gasteiger partial charge < -0.3 is 43.4 Å². The van der Waals surface area contributed by atoms with Crippen molar-refractivity contribution in [3.8, 4) is 17.6 Å². The summed E-state index contributed by atoms with van der Waals surface area (Å²) in [5.74, 6) is 0.616. The molecule has 1 unspecified atom stereocenters. The first-order chi connectivity index (χ1) is 39.8. The summed E-state index contributed by atoms with van der Waals surface area (Å²) in [5, 5.41) is 15.5. The summed E-state index contributed by atoms with van der Waals surface area (Å²) >= 11 is 0. The van der Waals surface area contributed by atoms with E-state index in [9.17, 15) is 19.6 Å². The van der Waals surface area contributed by atoms with Crippen molar-refractivity contribution in [1.29, 1.82) is 5.26 Å². The topological polar surface area (TPSA) is 185 Å². The van der Waals surface area contributed by atoms with Crippen molar-refractivity contribution >= 4 is 26.2 Å². The van der Waals surface area contributed by atoms with Crippen molar-refractivity contribution in [2.24, 2.45) is 0 Å². The molecule has 1 saturated heterocycles. The highest BCUT2D eigenvalue weighted by Gasteiger charge is 2.52. The Balaban J connectivity index is 1.34. The Bertz CT molecular complexity index is 2700.